The number of rotatable bonds is 2. The average molecular weight is 479 g/mol. The Labute approximate surface area is 188 Å². The number of benzene rings is 1. The summed E-state index contributed by atoms with van der Waals surface area (Å²) in [5.74, 6) is 1.23. The SMILES string of the molecule is CNC(C)=O.Nc1ncccc1-c1nc2ccc(Br)nc2n1-c1ccc2c(c1)CCC2. The van der Waals surface area contributed by atoms with E-state index in [0.717, 1.165) is 45.7 Å². The second-order valence-corrected chi connectivity index (χ2v) is 8.11. The number of amides is 1. The summed E-state index contributed by atoms with van der Waals surface area (Å²) in [5.41, 5.74) is 12.5. The fraction of sp³-hybridized carbons (Fsp3) is 0.217. The van der Waals surface area contributed by atoms with Gasteiger partial charge in [-0.15, -0.1) is 0 Å². The van der Waals surface area contributed by atoms with E-state index in [2.05, 4.69) is 54.0 Å². The van der Waals surface area contributed by atoms with Crippen molar-refractivity contribution in [3.8, 4) is 17.1 Å². The van der Waals surface area contributed by atoms with Crippen molar-refractivity contribution in [2.24, 2.45) is 0 Å². The largest absolute Gasteiger partial charge is 0.383 e. The van der Waals surface area contributed by atoms with Crippen LogP contribution >= 0.6 is 15.9 Å². The maximum atomic E-state index is 9.70. The van der Waals surface area contributed by atoms with Gasteiger partial charge in [0.2, 0.25) is 5.91 Å². The van der Waals surface area contributed by atoms with E-state index < -0.39 is 0 Å². The Morgan fingerprint density at radius 2 is 1.90 bits per heavy atom. The minimum atomic E-state index is 0.00463. The zero-order valence-electron chi connectivity index (χ0n) is 17.4. The van der Waals surface area contributed by atoms with Crippen molar-refractivity contribution in [3.05, 3.63) is 64.4 Å². The lowest BCUT2D eigenvalue weighted by Gasteiger charge is -2.12. The van der Waals surface area contributed by atoms with E-state index in [1.54, 1.807) is 13.2 Å². The monoisotopic (exact) mass is 478 g/mol. The van der Waals surface area contributed by atoms with Gasteiger partial charge in [-0.3, -0.25) is 9.36 Å². The van der Waals surface area contributed by atoms with Crippen molar-refractivity contribution in [2.45, 2.75) is 26.2 Å². The molecule has 158 valence electrons. The number of aromatic nitrogens is 4. The Kier molecular flexibility index (Phi) is 5.99. The van der Waals surface area contributed by atoms with Crippen LogP contribution < -0.4 is 11.1 Å². The maximum Gasteiger partial charge on any atom is 0.216 e. The summed E-state index contributed by atoms with van der Waals surface area (Å²) in [6, 6.07) is 14.3. The second-order valence-electron chi connectivity index (χ2n) is 7.30. The van der Waals surface area contributed by atoms with Crippen molar-refractivity contribution in [3.63, 3.8) is 0 Å². The summed E-state index contributed by atoms with van der Waals surface area (Å²) in [7, 11) is 1.60. The standard InChI is InChI=1S/C20H16BrN5.C3H7NO/c21-17-9-8-16-20(25-17)26(14-7-6-12-3-1-4-13(12)11-14)19(24-16)15-5-2-10-23-18(15)22;1-3(5)4-2/h2,5-11H,1,3-4H2,(H2,22,23);1-2H3,(H,4,5). The zero-order valence-corrected chi connectivity index (χ0v) is 19.0. The molecular formula is C23H23BrN6O. The topological polar surface area (TPSA) is 98.7 Å². The fourth-order valence-corrected chi connectivity index (χ4v) is 3.96. The molecule has 3 aromatic heterocycles. The number of hydrogen-bond donors (Lipinski definition) is 2. The molecule has 0 atom stereocenters. The summed E-state index contributed by atoms with van der Waals surface area (Å²) < 4.78 is 2.85. The zero-order chi connectivity index (χ0) is 22.0. The predicted octanol–water partition coefficient (Wildman–Crippen LogP) is 4.07. The highest BCUT2D eigenvalue weighted by Crippen LogP contribution is 2.32. The number of nitrogens with zero attached hydrogens (tertiary/aromatic N) is 4. The molecule has 3 heterocycles. The quantitative estimate of drug-likeness (QED) is 0.423. The number of hydrogen-bond acceptors (Lipinski definition) is 5. The van der Waals surface area contributed by atoms with Gasteiger partial charge in [-0.1, -0.05) is 6.07 Å². The number of nitrogens with one attached hydrogen (secondary N) is 1. The van der Waals surface area contributed by atoms with Crippen LogP contribution in [0.3, 0.4) is 0 Å². The van der Waals surface area contributed by atoms with Crippen LogP contribution in [0.25, 0.3) is 28.2 Å². The van der Waals surface area contributed by atoms with E-state index in [9.17, 15) is 4.79 Å². The predicted molar refractivity (Wildman–Crippen MR) is 126 cm³/mol. The molecule has 0 fully saturated rings. The maximum absolute atomic E-state index is 9.70. The van der Waals surface area contributed by atoms with E-state index in [0.29, 0.717) is 5.82 Å². The third-order valence-corrected chi connectivity index (χ3v) is 5.68. The number of nitrogen functional groups attached to an aromatic ring is 1. The van der Waals surface area contributed by atoms with Gasteiger partial charge in [0, 0.05) is 25.9 Å². The fourth-order valence-electron chi connectivity index (χ4n) is 3.66. The molecule has 0 aliphatic heterocycles. The summed E-state index contributed by atoms with van der Waals surface area (Å²) >= 11 is 3.48. The number of anilines is 1. The summed E-state index contributed by atoms with van der Waals surface area (Å²) in [6.07, 6.45) is 5.19. The normalized spacial score (nSPS) is 12.2. The number of pyridine rings is 2. The van der Waals surface area contributed by atoms with Gasteiger partial charge in [-0.2, -0.15) is 0 Å². The van der Waals surface area contributed by atoms with E-state index in [4.69, 9.17) is 10.7 Å². The molecule has 7 nitrogen and oxygen atoms in total. The minimum absolute atomic E-state index is 0.00463. The Bertz CT molecular complexity index is 1270. The Morgan fingerprint density at radius 3 is 2.65 bits per heavy atom. The highest BCUT2D eigenvalue weighted by Gasteiger charge is 2.19. The van der Waals surface area contributed by atoms with Crippen molar-refractivity contribution in [1.82, 2.24) is 24.8 Å². The van der Waals surface area contributed by atoms with Gasteiger partial charge in [0.05, 0.1) is 5.56 Å². The Morgan fingerprint density at radius 1 is 1.13 bits per heavy atom. The van der Waals surface area contributed by atoms with Crippen molar-refractivity contribution in [1.29, 1.82) is 0 Å². The van der Waals surface area contributed by atoms with E-state index >= 15 is 0 Å². The summed E-state index contributed by atoms with van der Waals surface area (Å²) in [5, 5.41) is 2.39. The van der Waals surface area contributed by atoms with Gasteiger partial charge in [0.1, 0.15) is 15.9 Å². The molecule has 1 aliphatic rings. The second kappa shape index (κ2) is 8.85. The van der Waals surface area contributed by atoms with Crippen LogP contribution in [-0.4, -0.2) is 32.5 Å². The van der Waals surface area contributed by atoms with E-state index in [-0.39, 0.29) is 5.91 Å². The highest BCUT2D eigenvalue weighted by atomic mass is 79.9. The molecule has 31 heavy (non-hydrogen) atoms. The molecule has 3 N–H and O–H groups in total. The van der Waals surface area contributed by atoms with Crippen molar-refractivity contribution < 1.29 is 4.79 Å². The molecule has 0 bridgehead atoms. The van der Waals surface area contributed by atoms with Gasteiger partial charge in [-0.25, -0.2) is 15.0 Å². The van der Waals surface area contributed by atoms with E-state index in [1.807, 2.05) is 24.3 Å². The molecule has 5 rings (SSSR count). The number of aryl methyl sites for hydroxylation is 2. The van der Waals surface area contributed by atoms with Crippen LogP contribution in [-0.2, 0) is 17.6 Å². The van der Waals surface area contributed by atoms with Crippen molar-refractivity contribution in [2.75, 3.05) is 12.8 Å². The third kappa shape index (κ3) is 4.29. The first kappa shape index (κ1) is 21.0. The van der Waals surface area contributed by atoms with Gasteiger partial charge in [-0.05, 0) is 82.7 Å². The van der Waals surface area contributed by atoms with Crippen LogP contribution in [0.5, 0.6) is 0 Å². The highest BCUT2D eigenvalue weighted by molar-refractivity contribution is 9.10. The minimum Gasteiger partial charge on any atom is -0.383 e. The average Bonchev–Trinajstić information content (AvgIpc) is 3.38. The molecule has 0 saturated heterocycles. The number of fused-ring (bicyclic) bond motifs is 2. The lowest BCUT2D eigenvalue weighted by Crippen LogP contribution is -2.11. The van der Waals surface area contributed by atoms with Crippen molar-refractivity contribution >= 4 is 38.8 Å². The molecule has 1 aromatic carbocycles. The van der Waals surface area contributed by atoms with Crippen LogP contribution in [0.4, 0.5) is 5.82 Å². The lowest BCUT2D eigenvalue weighted by atomic mass is 10.1. The Balaban J connectivity index is 0.000000418. The molecule has 0 radical (unpaired) electrons. The molecule has 1 aliphatic carbocycles. The lowest BCUT2D eigenvalue weighted by molar-refractivity contribution is -0.118. The summed E-state index contributed by atoms with van der Waals surface area (Å²) in [4.78, 5) is 23.4. The van der Waals surface area contributed by atoms with Gasteiger partial charge < -0.3 is 11.1 Å². The van der Waals surface area contributed by atoms with Crippen LogP contribution in [0, 0.1) is 0 Å². The van der Waals surface area contributed by atoms with Gasteiger partial charge in [0.25, 0.3) is 0 Å². The first-order valence-electron chi connectivity index (χ1n) is 10.0. The molecule has 0 spiro atoms. The van der Waals surface area contributed by atoms with Crippen LogP contribution in [0.2, 0.25) is 0 Å². The number of carbonyl (C=O) groups excluding carboxylic acids is 1. The summed E-state index contributed by atoms with van der Waals surface area (Å²) in [6.45, 7) is 1.47. The van der Waals surface area contributed by atoms with Crippen LogP contribution in [0.15, 0.2) is 53.3 Å². The first-order chi connectivity index (χ1) is 15.0. The molecular weight excluding hydrogens is 456 g/mol. The number of nitrogens with two attached hydrogens (primary N) is 1. The molecule has 8 heteroatoms. The van der Waals surface area contributed by atoms with Gasteiger partial charge >= 0.3 is 0 Å². The first-order valence-corrected chi connectivity index (χ1v) is 10.8. The Hall–Kier alpha value is -3.26. The molecule has 0 saturated carbocycles. The smallest absolute Gasteiger partial charge is 0.216 e. The van der Waals surface area contributed by atoms with Crippen LogP contribution in [0.1, 0.15) is 24.5 Å². The number of halogens is 1. The third-order valence-electron chi connectivity index (χ3n) is 5.24. The molecule has 0 unspecified atom stereocenters. The van der Waals surface area contributed by atoms with E-state index in [1.165, 1.54) is 24.5 Å². The number of imidazole rings is 1. The molecule has 4 aromatic rings. The molecule has 1 amide bonds. The number of carbonyl (C=O) groups is 1. The van der Waals surface area contributed by atoms with Gasteiger partial charge in [0.15, 0.2) is 11.5 Å².